The predicted molar refractivity (Wildman–Crippen MR) is 160 cm³/mol. The fraction of sp³-hybridized carbons (Fsp3) is 0.774. The number of thiocarbonyl (C=S) groups is 1. The van der Waals surface area contributed by atoms with E-state index in [9.17, 15) is 0 Å². The van der Waals surface area contributed by atoms with E-state index in [1.54, 1.807) is 0 Å². The second-order valence-corrected chi connectivity index (χ2v) is 12.0. The molecule has 0 saturated carbocycles. The molecule has 1 aliphatic rings. The van der Waals surface area contributed by atoms with Crippen molar-refractivity contribution < 1.29 is 4.74 Å². The fourth-order valence-corrected chi connectivity index (χ4v) is 5.07. The van der Waals surface area contributed by atoms with Gasteiger partial charge in [-0.1, -0.05) is 110 Å². The van der Waals surface area contributed by atoms with E-state index in [1.807, 2.05) is 0 Å². The normalized spacial score (nSPS) is 14.7. The molecule has 206 valence electrons. The van der Waals surface area contributed by atoms with Crippen molar-refractivity contribution in [2.24, 2.45) is 0 Å². The van der Waals surface area contributed by atoms with Crippen molar-refractivity contribution in [1.29, 1.82) is 0 Å². The molecule has 1 heterocycles. The molecule has 0 spiro atoms. The maximum atomic E-state index is 5.88. The smallest absolute Gasteiger partial charge is 0.169 e. The van der Waals surface area contributed by atoms with E-state index < -0.39 is 0 Å². The minimum atomic E-state index is 0.183. The first kappa shape index (κ1) is 31.1. The molecular weight excluding hydrogens is 462 g/mol. The van der Waals surface area contributed by atoms with Crippen molar-refractivity contribution >= 4 is 17.3 Å². The molecule has 0 amide bonds. The Morgan fingerprint density at radius 1 is 0.889 bits per heavy atom. The van der Waals surface area contributed by atoms with E-state index in [2.05, 4.69) is 67.1 Å². The van der Waals surface area contributed by atoms with E-state index in [0.29, 0.717) is 0 Å². The third kappa shape index (κ3) is 13.4. The van der Waals surface area contributed by atoms with E-state index >= 15 is 0 Å². The van der Waals surface area contributed by atoms with Gasteiger partial charge in [0.15, 0.2) is 5.11 Å². The van der Waals surface area contributed by atoms with Gasteiger partial charge in [-0.3, -0.25) is 4.90 Å². The lowest BCUT2D eigenvalue weighted by Crippen LogP contribution is -2.42. The average molecular weight is 518 g/mol. The molecule has 0 aromatic heterocycles. The molecule has 1 saturated heterocycles. The number of rotatable bonds is 17. The molecule has 5 heteroatoms. The summed E-state index contributed by atoms with van der Waals surface area (Å²) in [4.78, 5) is 4.89. The molecule has 1 aliphatic heterocycles. The summed E-state index contributed by atoms with van der Waals surface area (Å²) in [6, 6.07) is 9.11. The molecule has 0 bridgehead atoms. The third-order valence-electron chi connectivity index (χ3n) is 7.29. The van der Waals surface area contributed by atoms with Crippen molar-refractivity contribution in [3.05, 3.63) is 35.4 Å². The van der Waals surface area contributed by atoms with Gasteiger partial charge in [0.1, 0.15) is 0 Å². The first-order valence-electron chi connectivity index (χ1n) is 14.8. The zero-order valence-corrected chi connectivity index (χ0v) is 24.8. The summed E-state index contributed by atoms with van der Waals surface area (Å²) >= 11 is 5.88. The number of nitrogens with one attached hydrogen (secondary N) is 1. The van der Waals surface area contributed by atoms with E-state index in [0.717, 1.165) is 64.0 Å². The molecule has 1 fully saturated rings. The van der Waals surface area contributed by atoms with Crippen molar-refractivity contribution in [2.45, 2.75) is 110 Å². The van der Waals surface area contributed by atoms with E-state index in [-0.39, 0.29) is 5.41 Å². The lowest BCUT2D eigenvalue weighted by molar-refractivity contribution is 0.0367. The number of hydrogen-bond acceptors (Lipinski definition) is 3. The summed E-state index contributed by atoms with van der Waals surface area (Å²) in [5.41, 5.74) is 2.90. The molecule has 0 unspecified atom stereocenters. The van der Waals surface area contributed by atoms with Crippen LogP contribution in [-0.2, 0) is 16.7 Å². The number of nitrogens with zero attached hydrogens (tertiary/aromatic N) is 2. The van der Waals surface area contributed by atoms with Crippen LogP contribution in [0.1, 0.15) is 109 Å². The lowest BCUT2D eigenvalue weighted by Gasteiger charge is -2.30. The molecule has 1 N–H and O–H groups in total. The van der Waals surface area contributed by atoms with E-state index in [1.165, 1.54) is 75.3 Å². The van der Waals surface area contributed by atoms with Gasteiger partial charge in [-0.05, 0) is 41.6 Å². The Labute approximate surface area is 228 Å². The Morgan fingerprint density at radius 2 is 1.47 bits per heavy atom. The standard InChI is InChI=1S/C31H55N3OS/c1-5-6-7-8-9-10-11-12-13-14-20-32-30(36)34(22-15-21-33-23-25-35-26-24-33)27-28-16-18-29(19-17-28)31(2,3)4/h16-19H,5-15,20-27H2,1-4H3,(H,32,36). The van der Waals surface area contributed by atoms with Crippen LogP contribution in [0.4, 0.5) is 0 Å². The highest BCUT2D eigenvalue weighted by atomic mass is 32.1. The van der Waals surface area contributed by atoms with Crippen LogP contribution in [0.25, 0.3) is 0 Å². The largest absolute Gasteiger partial charge is 0.379 e. The Kier molecular flexibility index (Phi) is 15.6. The molecular formula is C31H55N3OS. The zero-order chi connectivity index (χ0) is 26.1. The lowest BCUT2D eigenvalue weighted by atomic mass is 9.87. The number of unbranched alkanes of at least 4 members (excludes halogenated alkanes) is 9. The van der Waals surface area contributed by atoms with Crippen LogP contribution < -0.4 is 5.32 Å². The molecule has 4 nitrogen and oxygen atoms in total. The molecule has 2 rings (SSSR count). The molecule has 0 atom stereocenters. The molecule has 36 heavy (non-hydrogen) atoms. The van der Waals surface area contributed by atoms with Gasteiger partial charge in [0.05, 0.1) is 13.2 Å². The van der Waals surface area contributed by atoms with Crippen LogP contribution in [0, 0.1) is 0 Å². The average Bonchev–Trinajstić information content (AvgIpc) is 2.87. The van der Waals surface area contributed by atoms with Gasteiger partial charge in [-0.15, -0.1) is 0 Å². The van der Waals surface area contributed by atoms with Crippen LogP contribution in [0.2, 0.25) is 0 Å². The second kappa shape index (κ2) is 18.1. The summed E-state index contributed by atoms with van der Waals surface area (Å²) in [5, 5.41) is 4.49. The summed E-state index contributed by atoms with van der Waals surface area (Å²) in [7, 11) is 0. The Hall–Kier alpha value is -1.17. The third-order valence-corrected chi connectivity index (χ3v) is 7.70. The van der Waals surface area contributed by atoms with Gasteiger partial charge < -0.3 is 15.0 Å². The molecule has 0 radical (unpaired) electrons. The quantitative estimate of drug-likeness (QED) is 0.173. The summed E-state index contributed by atoms with van der Waals surface area (Å²) in [5.74, 6) is 0. The van der Waals surface area contributed by atoms with Crippen LogP contribution >= 0.6 is 12.2 Å². The monoisotopic (exact) mass is 517 g/mol. The summed E-state index contributed by atoms with van der Waals surface area (Å²) in [6.07, 6.45) is 14.8. The number of morpholine rings is 1. The summed E-state index contributed by atoms with van der Waals surface area (Å²) < 4.78 is 5.50. The SMILES string of the molecule is CCCCCCCCCCCCNC(=S)N(CCCN1CCOCC1)Cc1ccc(C(C)(C)C)cc1. The highest BCUT2D eigenvalue weighted by Gasteiger charge is 2.16. The van der Waals surface area contributed by atoms with Gasteiger partial charge in [0.25, 0.3) is 0 Å². The highest BCUT2D eigenvalue weighted by Crippen LogP contribution is 2.22. The predicted octanol–water partition coefficient (Wildman–Crippen LogP) is 7.30. The van der Waals surface area contributed by atoms with Gasteiger partial charge in [-0.2, -0.15) is 0 Å². The van der Waals surface area contributed by atoms with Crippen molar-refractivity contribution in [3.63, 3.8) is 0 Å². The van der Waals surface area contributed by atoms with Crippen LogP contribution in [0.15, 0.2) is 24.3 Å². The van der Waals surface area contributed by atoms with Crippen LogP contribution in [0.3, 0.4) is 0 Å². The van der Waals surface area contributed by atoms with Crippen molar-refractivity contribution in [2.75, 3.05) is 45.9 Å². The minimum absolute atomic E-state index is 0.183. The first-order valence-corrected chi connectivity index (χ1v) is 15.2. The Bertz CT molecular complexity index is 695. The fourth-order valence-electron chi connectivity index (χ4n) is 4.81. The van der Waals surface area contributed by atoms with E-state index in [4.69, 9.17) is 17.0 Å². The number of ether oxygens (including phenoxy) is 1. The maximum Gasteiger partial charge on any atom is 0.169 e. The van der Waals surface area contributed by atoms with Gasteiger partial charge >= 0.3 is 0 Å². The van der Waals surface area contributed by atoms with Crippen molar-refractivity contribution in [1.82, 2.24) is 15.1 Å². The molecule has 1 aromatic carbocycles. The zero-order valence-electron chi connectivity index (χ0n) is 24.0. The maximum absolute atomic E-state index is 5.88. The first-order chi connectivity index (χ1) is 17.4. The number of benzene rings is 1. The van der Waals surface area contributed by atoms with Gasteiger partial charge in [-0.25, -0.2) is 0 Å². The Balaban J connectivity index is 1.74. The molecule has 1 aromatic rings. The number of hydrogen-bond donors (Lipinski definition) is 1. The minimum Gasteiger partial charge on any atom is -0.379 e. The molecule has 0 aliphatic carbocycles. The summed E-state index contributed by atoms with van der Waals surface area (Å²) in [6.45, 7) is 16.9. The van der Waals surface area contributed by atoms with Crippen molar-refractivity contribution in [3.8, 4) is 0 Å². The van der Waals surface area contributed by atoms with Gasteiger partial charge in [0.2, 0.25) is 0 Å². The van der Waals surface area contributed by atoms with Crippen LogP contribution in [0.5, 0.6) is 0 Å². The second-order valence-electron chi connectivity index (χ2n) is 11.6. The highest BCUT2D eigenvalue weighted by molar-refractivity contribution is 7.80. The van der Waals surface area contributed by atoms with Crippen LogP contribution in [-0.4, -0.2) is 60.8 Å². The van der Waals surface area contributed by atoms with Gasteiger partial charge in [0, 0.05) is 39.3 Å². The Morgan fingerprint density at radius 3 is 2.06 bits per heavy atom. The topological polar surface area (TPSA) is 27.7 Å².